The number of hydrogen-bond acceptors (Lipinski definition) is 6. The van der Waals surface area contributed by atoms with E-state index in [-0.39, 0.29) is 33.7 Å². The number of piperazine rings is 1. The molecule has 0 radical (unpaired) electrons. The van der Waals surface area contributed by atoms with E-state index in [0.717, 1.165) is 56.9 Å². The van der Waals surface area contributed by atoms with Crippen LogP contribution in [0, 0.1) is 17.3 Å². The monoisotopic (exact) mass is 520 g/mol. The highest BCUT2D eigenvalue weighted by Gasteiger charge is 2.75. The number of nitrogens with one attached hydrogen (secondary N) is 1. The molecule has 4 unspecified atom stereocenters. The summed E-state index contributed by atoms with van der Waals surface area (Å²) in [5.74, 6) is 1.49. The van der Waals surface area contributed by atoms with Crippen LogP contribution in [0.3, 0.4) is 0 Å². The first-order valence-corrected chi connectivity index (χ1v) is 14.3. The summed E-state index contributed by atoms with van der Waals surface area (Å²) in [7, 11) is 3.80. The van der Waals surface area contributed by atoms with Crippen LogP contribution in [0.1, 0.15) is 56.9 Å². The Balaban J connectivity index is 1.28. The van der Waals surface area contributed by atoms with Crippen molar-refractivity contribution in [2.24, 2.45) is 24.3 Å². The number of nitrogens with zero attached hydrogens (tertiary/aromatic N) is 6. The first kappa shape index (κ1) is 25.5. The van der Waals surface area contributed by atoms with Crippen LogP contribution >= 0.6 is 0 Å². The van der Waals surface area contributed by atoms with Gasteiger partial charge in [0.05, 0.1) is 13.2 Å². The van der Waals surface area contributed by atoms with E-state index < -0.39 is 6.04 Å². The number of fused-ring (bicyclic) bond motifs is 1. The Kier molecular flexibility index (Phi) is 6.14. The van der Waals surface area contributed by atoms with Crippen molar-refractivity contribution in [3.63, 3.8) is 0 Å². The van der Waals surface area contributed by atoms with Gasteiger partial charge in [0.1, 0.15) is 23.6 Å². The molecule has 0 bridgehead atoms. The van der Waals surface area contributed by atoms with Crippen LogP contribution in [0.15, 0.2) is 30.6 Å². The van der Waals surface area contributed by atoms with E-state index in [1.165, 1.54) is 6.42 Å². The van der Waals surface area contributed by atoms with Crippen LogP contribution in [0.2, 0.25) is 0 Å². The van der Waals surface area contributed by atoms with Gasteiger partial charge >= 0.3 is 5.91 Å². The Hall–Kier alpha value is -2.78. The Labute approximate surface area is 225 Å². The molecular weight excluding hydrogens is 478 g/mol. The number of carbonyl (C=O) groups is 2. The summed E-state index contributed by atoms with van der Waals surface area (Å²) in [6.07, 6.45) is 8.01. The highest BCUT2D eigenvalue weighted by molar-refractivity contribution is 6.01. The quantitative estimate of drug-likeness (QED) is 0.590. The third-order valence-corrected chi connectivity index (χ3v) is 10.3. The van der Waals surface area contributed by atoms with Gasteiger partial charge in [-0.15, -0.1) is 0 Å². The zero-order chi connectivity index (χ0) is 26.8. The number of piperidine rings is 1. The number of likely N-dealkylation sites (N-methyl/N-ethyl adjacent to an activating group) is 1. The summed E-state index contributed by atoms with van der Waals surface area (Å²) in [4.78, 5) is 37.5. The van der Waals surface area contributed by atoms with Gasteiger partial charge in [-0.05, 0) is 31.9 Å². The first-order chi connectivity index (χ1) is 18.1. The van der Waals surface area contributed by atoms with Crippen molar-refractivity contribution in [1.82, 2.24) is 29.5 Å². The van der Waals surface area contributed by atoms with Gasteiger partial charge in [-0.3, -0.25) is 14.4 Å². The van der Waals surface area contributed by atoms with Crippen molar-refractivity contribution in [3.05, 3.63) is 36.3 Å². The highest BCUT2D eigenvalue weighted by atomic mass is 16.2. The molecule has 2 amide bonds. The molecule has 0 spiro atoms. The maximum Gasteiger partial charge on any atom is 0.341 e. The van der Waals surface area contributed by atoms with E-state index in [2.05, 4.69) is 53.1 Å². The number of pyridine rings is 1. The van der Waals surface area contributed by atoms with Crippen LogP contribution in [0.4, 0.5) is 11.5 Å². The second kappa shape index (κ2) is 9.16. The molecule has 2 saturated carbocycles. The zero-order valence-corrected chi connectivity index (χ0v) is 23.4. The summed E-state index contributed by atoms with van der Waals surface area (Å²) in [5, 5.41) is 7.35. The van der Waals surface area contributed by atoms with Gasteiger partial charge in [-0.1, -0.05) is 26.2 Å². The van der Waals surface area contributed by atoms with Crippen LogP contribution in [0.25, 0.3) is 0 Å². The van der Waals surface area contributed by atoms with Gasteiger partial charge in [0.25, 0.3) is 5.91 Å². The average molecular weight is 521 g/mol. The van der Waals surface area contributed by atoms with Gasteiger partial charge in [0.2, 0.25) is 0 Å². The number of anilines is 1. The first-order valence-electron chi connectivity index (χ1n) is 14.3. The molecule has 2 aliphatic heterocycles. The third-order valence-electron chi connectivity index (χ3n) is 10.3. The molecule has 2 aliphatic carbocycles. The SMILES string of the molecule is CC(C)N1CCN(c2ccc([N+]3(C)C(=O)[C@@H](NC(=O)c4ccnn4C)C(C4CCC4)C4(C)CC43)cn2)CC1. The Morgan fingerprint density at radius 3 is 2.45 bits per heavy atom. The van der Waals surface area contributed by atoms with E-state index >= 15 is 0 Å². The minimum atomic E-state index is -0.528. The molecule has 9 nitrogen and oxygen atoms in total. The summed E-state index contributed by atoms with van der Waals surface area (Å²) < 4.78 is 1.77. The second-order valence-electron chi connectivity index (χ2n) is 12.6. The van der Waals surface area contributed by atoms with Crippen molar-refractivity contribution in [2.75, 3.05) is 38.1 Å². The topological polar surface area (TPSA) is 83.4 Å². The minimum Gasteiger partial charge on any atom is -0.354 e. The number of rotatable bonds is 6. The number of aromatic nitrogens is 3. The predicted octanol–water partition coefficient (Wildman–Crippen LogP) is 2.82. The lowest BCUT2D eigenvalue weighted by Crippen LogP contribution is -2.69. The summed E-state index contributed by atoms with van der Waals surface area (Å²) in [6.45, 7) is 10.8. The fourth-order valence-corrected chi connectivity index (χ4v) is 7.65. The molecule has 2 aromatic rings. The standard InChI is InChI=1S/C29H41N7O2/c1-19(2)34-13-15-35(16-14-34)24-10-9-21(18-30-24)36(5)23-17-29(23,3)25(20-7-6-8-20)26(28(36)38)32-27(37)22-11-12-31-33(22)4/h9-12,18-20,23,25-26H,6-8,13-17H2,1-5H3/p+1/t23?,25?,26-,29?,36?/m0/s1. The lowest BCUT2D eigenvalue weighted by molar-refractivity contribution is -0.140. The Bertz CT molecular complexity index is 1210. The number of quaternary nitrogens is 1. The van der Waals surface area contributed by atoms with Gasteiger partial charge in [-0.25, -0.2) is 14.3 Å². The van der Waals surface area contributed by atoms with Crippen molar-refractivity contribution in [3.8, 4) is 0 Å². The van der Waals surface area contributed by atoms with Gasteiger partial charge in [0, 0.05) is 69.3 Å². The lowest BCUT2D eigenvalue weighted by Gasteiger charge is -2.49. The average Bonchev–Trinajstić information content (AvgIpc) is 3.41. The van der Waals surface area contributed by atoms with Crippen molar-refractivity contribution >= 4 is 23.3 Å². The number of likely N-dealkylation sites (tertiary alicyclic amines) is 1. The smallest absolute Gasteiger partial charge is 0.341 e. The second-order valence-corrected chi connectivity index (χ2v) is 12.6. The normalized spacial score (nSPS) is 33.7. The summed E-state index contributed by atoms with van der Waals surface area (Å²) in [5.41, 5.74) is 1.41. The molecule has 2 aromatic heterocycles. The fourth-order valence-electron chi connectivity index (χ4n) is 7.65. The molecule has 0 aromatic carbocycles. The van der Waals surface area contributed by atoms with E-state index in [1.807, 2.05) is 13.2 Å². The molecule has 9 heteroatoms. The number of hydrogen-bond donors (Lipinski definition) is 1. The Morgan fingerprint density at radius 1 is 1.16 bits per heavy atom. The molecule has 204 valence electrons. The summed E-state index contributed by atoms with van der Waals surface area (Å²) in [6, 6.07) is 6.13. The maximum absolute atomic E-state index is 14.4. The van der Waals surface area contributed by atoms with Crippen LogP contribution in [-0.2, 0) is 11.8 Å². The van der Waals surface area contributed by atoms with E-state index in [4.69, 9.17) is 4.98 Å². The number of amides is 2. The van der Waals surface area contributed by atoms with Crippen molar-refractivity contribution in [2.45, 2.75) is 64.6 Å². The van der Waals surface area contributed by atoms with Crippen LogP contribution in [0.5, 0.6) is 0 Å². The fraction of sp³-hybridized carbons (Fsp3) is 0.655. The molecule has 2 saturated heterocycles. The Morgan fingerprint density at radius 2 is 1.89 bits per heavy atom. The van der Waals surface area contributed by atoms with Crippen molar-refractivity contribution in [1.29, 1.82) is 0 Å². The van der Waals surface area contributed by atoms with Gasteiger partial charge in [-0.2, -0.15) is 5.10 Å². The largest absolute Gasteiger partial charge is 0.354 e. The number of aryl methyl sites for hydroxylation is 1. The van der Waals surface area contributed by atoms with Crippen LogP contribution < -0.4 is 14.7 Å². The molecule has 1 N–H and O–H groups in total. The third kappa shape index (κ3) is 3.88. The molecule has 4 fully saturated rings. The van der Waals surface area contributed by atoms with E-state index in [9.17, 15) is 9.59 Å². The zero-order valence-electron chi connectivity index (χ0n) is 23.4. The number of carbonyl (C=O) groups excluding carboxylic acids is 2. The molecule has 6 rings (SSSR count). The summed E-state index contributed by atoms with van der Waals surface area (Å²) >= 11 is 0. The van der Waals surface area contributed by atoms with Gasteiger partial charge in [0.15, 0.2) is 5.69 Å². The van der Waals surface area contributed by atoms with E-state index in [0.29, 0.717) is 17.7 Å². The maximum atomic E-state index is 14.4. The lowest BCUT2D eigenvalue weighted by atomic mass is 9.64. The molecular formula is C29H42N7O2+. The molecule has 38 heavy (non-hydrogen) atoms. The highest BCUT2D eigenvalue weighted by Crippen LogP contribution is 2.65. The van der Waals surface area contributed by atoms with Crippen LogP contribution in [-0.4, -0.2) is 82.8 Å². The van der Waals surface area contributed by atoms with E-state index in [1.54, 1.807) is 24.0 Å². The molecule has 4 aliphatic rings. The molecule has 5 atom stereocenters. The minimum absolute atomic E-state index is 0.0179. The van der Waals surface area contributed by atoms with Crippen molar-refractivity contribution < 1.29 is 9.59 Å². The van der Waals surface area contributed by atoms with Gasteiger partial charge < -0.3 is 10.2 Å². The molecule has 4 heterocycles. The predicted molar refractivity (Wildman–Crippen MR) is 148 cm³/mol.